The average Bonchev–Trinajstić information content (AvgIpc) is 3.22. The van der Waals surface area contributed by atoms with Crippen LogP contribution in [0.5, 0.6) is 0 Å². The van der Waals surface area contributed by atoms with Gasteiger partial charge in [-0.3, -0.25) is 14.4 Å². The van der Waals surface area contributed by atoms with Crippen LogP contribution in [0.1, 0.15) is 245 Å². The Kier molecular flexibility index (Phi) is 44.9. The Bertz CT molecular complexity index is 1030. The highest BCUT2D eigenvalue weighted by atomic mass is 16.6. The molecule has 0 aromatic carbocycles. The van der Waals surface area contributed by atoms with Gasteiger partial charge in [0.1, 0.15) is 13.2 Å². The van der Waals surface area contributed by atoms with Gasteiger partial charge in [-0.05, 0) is 70.6 Å². The van der Waals surface area contributed by atoms with Gasteiger partial charge < -0.3 is 14.2 Å². The smallest absolute Gasteiger partial charge is 0.306 e. The second kappa shape index (κ2) is 47.1. The van der Waals surface area contributed by atoms with Crippen molar-refractivity contribution in [3.63, 3.8) is 0 Å². The van der Waals surface area contributed by atoms with Crippen molar-refractivity contribution >= 4 is 17.9 Å². The largest absolute Gasteiger partial charge is 0.462 e. The maximum absolute atomic E-state index is 12.7. The summed E-state index contributed by atoms with van der Waals surface area (Å²) in [5.74, 6) is -0.937. The first-order valence-electron chi connectivity index (χ1n) is 24.7. The summed E-state index contributed by atoms with van der Waals surface area (Å²) in [5, 5.41) is 0. The van der Waals surface area contributed by atoms with E-state index in [0.717, 1.165) is 89.9 Å². The minimum absolute atomic E-state index is 0.0897. The van der Waals surface area contributed by atoms with Crippen LogP contribution in [-0.4, -0.2) is 37.2 Å². The van der Waals surface area contributed by atoms with Crippen molar-refractivity contribution in [3.05, 3.63) is 48.6 Å². The van der Waals surface area contributed by atoms with Crippen molar-refractivity contribution in [2.45, 2.75) is 252 Å². The molecule has 0 saturated carbocycles. The molecule has 0 aliphatic heterocycles. The maximum atomic E-state index is 12.7. The van der Waals surface area contributed by atoms with Gasteiger partial charge in [0.25, 0.3) is 0 Å². The SMILES string of the molecule is CC/C=C\C/C=C\CCCCC(=O)OCC(COC(=O)CCCCCCC/C=C\C=C/CCCCCCCCC)OC(=O)CCCCCCCCCCCCCCC. The van der Waals surface area contributed by atoms with Crippen LogP contribution in [-0.2, 0) is 28.6 Å². The van der Waals surface area contributed by atoms with E-state index in [0.29, 0.717) is 19.3 Å². The van der Waals surface area contributed by atoms with Crippen molar-refractivity contribution in [1.82, 2.24) is 0 Å². The van der Waals surface area contributed by atoms with Crippen LogP contribution in [0.4, 0.5) is 0 Å². The number of rotatable bonds is 44. The predicted molar refractivity (Wildman–Crippen MR) is 247 cm³/mol. The van der Waals surface area contributed by atoms with Crippen LogP contribution in [0.25, 0.3) is 0 Å². The van der Waals surface area contributed by atoms with Crippen molar-refractivity contribution < 1.29 is 28.6 Å². The van der Waals surface area contributed by atoms with Crippen molar-refractivity contribution in [2.24, 2.45) is 0 Å². The number of hydrogen-bond donors (Lipinski definition) is 0. The fraction of sp³-hybridized carbons (Fsp3) is 0.788. The number of unbranched alkanes of at least 4 members (excludes halogenated alkanes) is 26. The van der Waals surface area contributed by atoms with E-state index in [1.165, 1.54) is 116 Å². The molecular weight excluding hydrogens is 721 g/mol. The van der Waals surface area contributed by atoms with E-state index in [4.69, 9.17) is 14.2 Å². The third-order valence-electron chi connectivity index (χ3n) is 10.6. The molecule has 0 spiro atoms. The highest BCUT2D eigenvalue weighted by Gasteiger charge is 2.19. The van der Waals surface area contributed by atoms with E-state index in [9.17, 15) is 14.4 Å². The van der Waals surface area contributed by atoms with Gasteiger partial charge in [-0.15, -0.1) is 0 Å². The van der Waals surface area contributed by atoms with Crippen molar-refractivity contribution in [2.75, 3.05) is 13.2 Å². The zero-order valence-corrected chi connectivity index (χ0v) is 38.3. The molecule has 0 aromatic rings. The van der Waals surface area contributed by atoms with E-state index in [-0.39, 0.29) is 31.1 Å². The molecule has 0 bridgehead atoms. The highest BCUT2D eigenvalue weighted by molar-refractivity contribution is 5.71. The topological polar surface area (TPSA) is 78.9 Å². The number of ether oxygens (including phenoxy) is 3. The Morgan fingerprint density at radius 1 is 0.379 bits per heavy atom. The summed E-state index contributed by atoms with van der Waals surface area (Å²) < 4.78 is 16.7. The van der Waals surface area contributed by atoms with Gasteiger partial charge in [0.15, 0.2) is 6.10 Å². The minimum atomic E-state index is -0.787. The number of hydrogen-bond acceptors (Lipinski definition) is 6. The van der Waals surface area contributed by atoms with E-state index in [2.05, 4.69) is 69.4 Å². The van der Waals surface area contributed by atoms with E-state index >= 15 is 0 Å². The molecule has 0 radical (unpaired) electrons. The lowest BCUT2D eigenvalue weighted by Crippen LogP contribution is -2.30. The third kappa shape index (κ3) is 44.5. The molecule has 58 heavy (non-hydrogen) atoms. The second-order valence-electron chi connectivity index (χ2n) is 16.4. The van der Waals surface area contributed by atoms with Crippen LogP contribution in [0.2, 0.25) is 0 Å². The Hall–Kier alpha value is -2.63. The minimum Gasteiger partial charge on any atom is -0.462 e. The molecular formula is C52H92O6. The lowest BCUT2D eigenvalue weighted by atomic mass is 10.0. The Morgan fingerprint density at radius 3 is 1.17 bits per heavy atom. The first-order valence-corrected chi connectivity index (χ1v) is 24.7. The van der Waals surface area contributed by atoms with E-state index < -0.39 is 6.10 Å². The highest BCUT2D eigenvalue weighted by Crippen LogP contribution is 2.15. The summed E-state index contributed by atoms with van der Waals surface area (Å²) in [7, 11) is 0. The molecule has 1 atom stereocenters. The van der Waals surface area contributed by atoms with Crippen molar-refractivity contribution in [1.29, 1.82) is 0 Å². The van der Waals surface area contributed by atoms with Gasteiger partial charge in [-0.2, -0.15) is 0 Å². The molecule has 0 aliphatic carbocycles. The quantitative estimate of drug-likeness (QED) is 0.0200. The average molecular weight is 813 g/mol. The number of carbonyl (C=O) groups is 3. The summed E-state index contributed by atoms with van der Waals surface area (Å²) in [6.07, 6.45) is 55.4. The summed E-state index contributed by atoms with van der Waals surface area (Å²) in [6, 6.07) is 0. The molecule has 0 heterocycles. The van der Waals surface area contributed by atoms with Gasteiger partial charge in [-0.1, -0.05) is 204 Å². The van der Waals surface area contributed by atoms with Crippen molar-refractivity contribution in [3.8, 4) is 0 Å². The fourth-order valence-electron chi connectivity index (χ4n) is 6.88. The zero-order chi connectivity index (χ0) is 42.3. The summed E-state index contributed by atoms with van der Waals surface area (Å²) in [6.45, 7) is 6.47. The van der Waals surface area contributed by atoms with Gasteiger partial charge in [0.2, 0.25) is 0 Å². The molecule has 0 aliphatic rings. The first kappa shape index (κ1) is 55.4. The van der Waals surface area contributed by atoms with Crippen LogP contribution in [0.3, 0.4) is 0 Å². The maximum Gasteiger partial charge on any atom is 0.306 e. The number of allylic oxidation sites excluding steroid dienone is 8. The standard InChI is InChI=1S/C52H92O6/c1-4-7-10-13-16-19-21-23-24-25-26-27-29-30-33-36-39-42-45-51(54)57-48-49(47-56-50(53)44-41-38-35-32-18-15-12-9-6-3)58-52(55)46-43-40-37-34-31-28-22-20-17-14-11-8-5-2/h9,12,18,24-27,32,49H,4-8,10-11,13-17,19-23,28-31,33-48H2,1-3H3/b12-9-,25-24-,27-26-,32-18-. The van der Waals surface area contributed by atoms with Gasteiger partial charge >= 0.3 is 17.9 Å². The molecule has 6 heteroatoms. The third-order valence-corrected chi connectivity index (χ3v) is 10.6. The molecule has 0 amide bonds. The van der Waals surface area contributed by atoms with E-state index in [1.807, 2.05) is 0 Å². The summed E-state index contributed by atoms with van der Waals surface area (Å²) in [4.78, 5) is 37.8. The Morgan fingerprint density at radius 2 is 0.724 bits per heavy atom. The lowest BCUT2D eigenvalue weighted by molar-refractivity contribution is -0.167. The van der Waals surface area contributed by atoms with Gasteiger partial charge in [0, 0.05) is 19.3 Å². The van der Waals surface area contributed by atoms with E-state index in [1.54, 1.807) is 0 Å². The summed E-state index contributed by atoms with van der Waals surface area (Å²) in [5.41, 5.74) is 0. The van der Waals surface area contributed by atoms with Gasteiger partial charge in [0.05, 0.1) is 0 Å². The number of carbonyl (C=O) groups excluding carboxylic acids is 3. The molecule has 0 fully saturated rings. The Balaban J connectivity index is 4.35. The summed E-state index contributed by atoms with van der Waals surface area (Å²) >= 11 is 0. The van der Waals surface area contributed by atoms with Crippen LogP contribution in [0, 0.1) is 0 Å². The monoisotopic (exact) mass is 813 g/mol. The first-order chi connectivity index (χ1) is 28.5. The fourth-order valence-corrected chi connectivity index (χ4v) is 6.88. The Labute approximate surface area is 358 Å². The molecule has 0 saturated heterocycles. The molecule has 1 unspecified atom stereocenters. The normalized spacial score (nSPS) is 12.4. The molecule has 336 valence electrons. The van der Waals surface area contributed by atoms with Crippen LogP contribution in [0.15, 0.2) is 48.6 Å². The van der Waals surface area contributed by atoms with Crippen LogP contribution >= 0.6 is 0 Å². The lowest BCUT2D eigenvalue weighted by Gasteiger charge is -2.18. The zero-order valence-electron chi connectivity index (χ0n) is 38.3. The number of esters is 3. The molecule has 0 N–H and O–H groups in total. The molecule has 0 aromatic heterocycles. The molecule has 0 rings (SSSR count). The van der Waals surface area contributed by atoms with Gasteiger partial charge in [-0.25, -0.2) is 0 Å². The predicted octanol–water partition coefficient (Wildman–Crippen LogP) is 15.9. The second-order valence-corrected chi connectivity index (χ2v) is 16.4. The molecule has 6 nitrogen and oxygen atoms in total. The van der Waals surface area contributed by atoms with Crippen LogP contribution < -0.4 is 0 Å².